The summed E-state index contributed by atoms with van der Waals surface area (Å²) < 4.78 is 5.36. The first-order valence-corrected chi connectivity index (χ1v) is 35.8. The van der Waals surface area contributed by atoms with Crippen molar-refractivity contribution >= 4 is 58.7 Å². The molecule has 0 bridgehead atoms. The van der Waals surface area contributed by atoms with Gasteiger partial charge in [-0.25, -0.2) is 24.3 Å². The summed E-state index contributed by atoms with van der Waals surface area (Å²) in [4.78, 5) is 151. The molecule has 0 aromatic heterocycles. The molecule has 2 aliphatic heterocycles. The molecule has 0 spiro atoms. The molecule has 1 saturated carbocycles. The van der Waals surface area contributed by atoms with Crippen molar-refractivity contribution in [2.24, 2.45) is 35.0 Å². The zero-order valence-electron chi connectivity index (χ0n) is 77.6. The summed E-state index contributed by atoms with van der Waals surface area (Å²) >= 11 is 0. The molecular formula is C89H154N2O38. The van der Waals surface area contributed by atoms with Crippen LogP contribution in [0.2, 0.25) is 0 Å². The Balaban J connectivity index is -0.000000103. The van der Waals surface area contributed by atoms with Crippen molar-refractivity contribution in [2.75, 3.05) is 40.6 Å². The van der Waals surface area contributed by atoms with Crippen molar-refractivity contribution < 1.29 is 188 Å². The number of ether oxygens (including phenoxy) is 1. The number of hydrogen-bond donors (Lipinski definition) is 0. The fourth-order valence-electron chi connectivity index (χ4n) is 7.59. The van der Waals surface area contributed by atoms with Crippen molar-refractivity contribution in [1.29, 1.82) is 0 Å². The lowest BCUT2D eigenvalue weighted by atomic mass is 9.75. The maximum Gasteiger partial charge on any atom is 0.333 e. The van der Waals surface area contributed by atoms with Crippen molar-refractivity contribution in [1.82, 2.24) is 9.96 Å². The molecule has 40 heteroatoms. The predicted molar refractivity (Wildman–Crippen MR) is 496 cm³/mol. The molecule has 2 heterocycles. The van der Waals surface area contributed by atoms with Gasteiger partial charge in [0.05, 0.1) is 32.8 Å². The Kier molecular flexibility index (Phi) is 241. The van der Waals surface area contributed by atoms with Crippen LogP contribution in [0, 0.1) is 35.0 Å². The lowest BCUT2D eigenvalue weighted by Crippen LogP contribution is -2.40. The Hall–Kier alpha value is -11.6. The van der Waals surface area contributed by atoms with E-state index in [-0.39, 0.29) is 79.8 Å². The van der Waals surface area contributed by atoms with Crippen LogP contribution in [0.15, 0.2) is 328 Å². The highest BCUT2D eigenvalue weighted by Crippen LogP contribution is 2.34. The van der Waals surface area contributed by atoms with Crippen molar-refractivity contribution in [3.8, 4) is 0 Å². The van der Waals surface area contributed by atoms with E-state index >= 15 is 0 Å². The maximum atomic E-state index is 13.7. The van der Waals surface area contributed by atoms with E-state index in [0.717, 1.165) is 14.2 Å². The second-order valence-electron chi connectivity index (χ2n) is 17.5. The monoisotopic (exact) mass is 1860 g/mol. The molecule has 0 aromatic rings. The highest BCUT2D eigenvalue weighted by Gasteiger charge is 2.39. The van der Waals surface area contributed by atoms with Gasteiger partial charge in [0.25, 0.3) is 23.6 Å². The highest BCUT2D eigenvalue weighted by molar-refractivity contribution is 6.12. The molecule has 129 heavy (non-hydrogen) atoms. The topological polar surface area (TPSA) is 436 Å². The molecule has 2 unspecified atom stereocenters. The number of hydrogen-bond acceptors (Lipinski definition) is 38. The summed E-state index contributed by atoms with van der Waals surface area (Å²) in [6.07, 6.45) is 1.26. The Morgan fingerprint density at radius 1 is 0.357 bits per heavy atom. The summed E-state index contributed by atoms with van der Waals surface area (Å²) in [5.41, 5.74) is -1.96. The fourth-order valence-corrected chi connectivity index (χ4v) is 7.59. The smallest absolute Gasteiger partial charge is 0.333 e. The van der Waals surface area contributed by atoms with Gasteiger partial charge in [-0.15, -0.1) is 321 Å². The number of esters is 1. The maximum absolute atomic E-state index is 13.7. The summed E-state index contributed by atoms with van der Waals surface area (Å²) in [5, 5.41) is 85.2. The SMILES string of the molecule is C=C.C=C.C=C.C=C.C=C.C=C.C=C.C=C.C=C.C=C.C=C.C=C.C=C.C=C.C=C.C=C.C=C.C=C.C=C.C=C.C=C.C=C.C=C.C=C.COOOOOOOOOOOOOCC(COOOOOOOOOOOOOC)(COC(=O)CCCC(=O)ON1C(=O)CCC1=O)CC(=O)CCC(=O)C(C)CC(=O)C(CC(=O)C1CCC(CN2C(=O)C=CC2=O)CC1)C(C)C. The third kappa shape index (κ3) is 125. The van der Waals surface area contributed by atoms with E-state index in [0.29, 0.717) is 30.7 Å². The van der Waals surface area contributed by atoms with Crippen LogP contribution in [0.1, 0.15) is 111 Å². The molecule has 748 valence electrons. The van der Waals surface area contributed by atoms with Crippen LogP contribution in [-0.4, -0.2) is 109 Å². The van der Waals surface area contributed by atoms with E-state index in [2.05, 4.69) is 436 Å². The van der Waals surface area contributed by atoms with E-state index in [4.69, 9.17) is 19.3 Å². The molecular weight excluding hydrogens is 1700 g/mol. The Bertz CT molecular complexity index is 2270. The first-order chi connectivity index (χ1) is 63.0. The van der Waals surface area contributed by atoms with Gasteiger partial charge in [0.15, 0.2) is 0 Å². The van der Waals surface area contributed by atoms with Crippen LogP contribution < -0.4 is 0 Å². The lowest BCUT2D eigenvalue weighted by Gasteiger charge is -2.31. The molecule has 2 atom stereocenters. The number of hydroxylamine groups is 2. The zero-order chi connectivity index (χ0) is 107. The predicted octanol–water partition coefficient (Wildman–Crippen LogP) is 21.1. The molecule has 2 fully saturated rings. The van der Waals surface area contributed by atoms with Gasteiger partial charge in [0.2, 0.25) is 0 Å². The second-order valence-corrected chi connectivity index (χ2v) is 17.5. The number of Topliss-reactive ketones (excluding diaryl/α,β-unsaturated/α-hetero) is 4. The number of nitrogens with zero attached hydrogens (tertiary/aromatic N) is 2. The van der Waals surface area contributed by atoms with Crippen LogP contribution >= 0.6 is 0 Å². The number of ketones is 4. The number of carbonyl (C=O) groups excluding carboxylic acids is 10. The summed E-state index contributed by atoms with van der Waals surface area (Å²) in [5.74, 6) is -8.10. The van der Waals surface area contributed by atoms with Gasteiger partial charge in [-0.2, -0.15) is 0 Å². The minimum absolute atomic E-state index is 0.0390. The number of rotatable bonds is 50. The quantitative estimate of drug-likeness (QED) is 0.0136. The molecule has 0 aromatic carbocycles. The van der Waals surface area contributed by atoms with E-state index in [1.54, 1.807) is 13.8 Å². The van der Waals surface area contributed by atoms with Crippen LogP contribution in [0.3, 0.4) is 0 Å². The van der Waals surface area contributed by atoms with Crippen molar-refractivity contribution in [2.45, 2.75) is 111 Å². The van der Waals surface area contributed by atoms with Crippen LogP contribution in [0.4, 0.5) is 0 Å². The molecule has 4 amide bonds. The summed E-state index contributed by atoms with van der Waals surface area (Å²) in [6, 6.07) is 0. The minimum atomic E-state index is -1.96. The van der Waals surface area contributed by atoms with Crippen LogP contribution in [0.25, 0.3) is 0 Å². The third-order valence-corrected chi connectivity index (χ3v) is 11.6. The van der Waals surface area contributed by atoms with E-state index < -0.39 is 104 Å². The van der Waals surface area contributed by atoms with Crippen molar-refractivity contribution in [3.63, 3.8) is 0 Å². The normalized spacial score (nSPS) is 11.6. The molecule has 3 aliphatic rings. The Morgan fingerprint density at radius 2 is 0.643 bits per heavy atom. The molecule has 0 radical (unpaired) electrons. The molecule has 3 rings (SSSR count). The molecule has 40 nitrogen and oxygen atoms in total. The molecule has 1 aliphatic carbocycles. The van der Waals surface area contributed by atoms with Crippen LogP contribution in [0.5, 0.6) is 0 Å². The minimum Gasteiger partial charge on any atom is -0.465 e. The van der Waals surface area contributed by atoms with Gasteiger partial charge in [-0.05, 0) is 155 Å². The van der Waals surface area contributed by atoms with E-state index in [1.165, 1.54) is 24.0 Å². The molecule has 1 saturated heterocycles. The average molecular weight is 1860 g/mol. The highest BCUT2D eigenvalue weighted by atomic mass is 18.0. The Labute approximate surface area is 767 Å². The van der Waals surface area contributed by atoms with Gasteiger partial charge >= 0.3 is 11.9 Å². The summed E-state index contributed by atoms with van der Waals surface area (Å²) in [7, 11) is 2.09. The van der Waals surface area contributed by atoms with Crippen molar-refractivity contribution in [3.05, 3.63) is 328 Å². The largest absolute Gasteiger partial charge is 0.465 e. The summed E-state index contributed by atoms with van der Waals surface area (Å²) in [6.45, 7) is 147. The number of carbonyl (C=O) groups is 10. The average Bonchev–Trinajstić information content (AvgIpc) is 1.15. The Morgan fingerprint density at radius 3 is 0.938 bits per heavy atom. The fraction of sp³-hybridized carbons (Fsp3) is 0.326. The van der Waals surface area contributed by atoms with E-state index in [9.17, 15) is 47.9 Å². The van der Waals surface area contributed by atoms with Gasteiger partial charge in [0, 0.05) is 94.2 Å². The number of imide groups is 2. The van der Waals surface area contributed by atoms with Gasteiger partial charge in [-0.3, -0.25) is 48.1 Å². The first-order valence-electron chi connectivity index (χ1n) is 35.8. The first kappa shape index (κ1) is 175. The second kappa shape index (κ2) is 178. The standard InChI is InChI=1S/C41H58N2O38.24C2H4/c1-26(2)31(20-33(46)29-11-9-28(10-12-29)22-42-35(48)15-16-36(42)49)34(47)19-27(3)32(45)14-13-30(44)21-41(24-57-62-66-70-74-78-80-76-72-68-64-60-54-4,25-58-63-67-71-75-79-81-77-73-69-65-61-55-5)23-56-39(52)7-6-8-40(53)59-43-37(50)17-18-38(43)51;24*1-2/h15-16,26-29,31H,6-14,17-25H2,1-5H3;24*1-2H2. The number of amides is 4. The van der Waals surface area contributed by atoms with E-state index in [1.807, 2.05) is 0 Å². The molecule has 0 N–H and O–H groups in total. The lowest BCUT2D eigenvalue weighted by molar-refractivity contribution is -0.870. The van der Waals surface area contributed by atoms with Gasteiger partial charge < -0.3 is 9.57 Å². The van der Waals surface area contributed by atoms with Gasteiger partial charge in [-0.1, -0.05) is 20.8 Å². The third-order valence-electron chi connectivity index (χ3n) is 11.6. The van der Waals surface area contributed by atoms with Crippen LogP contribution in [-0.2, 0) is 188 Å². The van der Waals surface area contributed by atoms with Gasteiger partial charge in [0.1, 0.15) is 29.7 Å². The zero-order valence-corrected chi connectivity index (χ0v) is 77.6.